The summed E-state index contributed by atoms with van der Waals surface area (Å²) in [5, 5.41) is 9.79. The van der Waals surface area contributed by atoms with Crippen LogP contribution in [0.1, 0.15) is 10.4 Å². The second-order valence-electron chi connectivity index (χ2n) is 3.77. The molecule has 1 fully saturated rings. The number of Topliss-reactive ketones (excluding diaryl/α,β-unsaturated/α-hetero) is 1. The van der Waals surface area contributed by atoms with Gasteiger partial charge in [-0.2, -0.15) is 0 Å². The molecule has 1 heterocycles. The Bertz CT molecular complexity index is 362. The van der Waals surface area contributed by atoms with Gasteiger partial charge >= 0.3 is 0 Å². The van der Waals surface area contributed by atoms with E-state index in [1.54, 1.807) is 24.3 Å². The number of ketones is 1. The van der Waals surface area contributed by atoms with Gasteiger partial charge in [0.25, 0.3) is 0 Å². The lowest BCUT2D eigenvalue weighted by Gasteiger charge is -2.38. The zero-order valence-electron chi connectivity index (χ0n) is 8.07. The molecule has 1 aliphatic heterocycles. The van der Waals surface area contributed by atoms with E-state index in [2.05, 4.69) is 0 Å². The number of aliphatic hydroxyl groups is 1. The summed E-state index contributed by atoms with van der Waals surface area (Å²) in [6.07, 6.45) is 0. The predicted octanol–water partition coefficient (Wildman–Crippen LogP) is 1.53. The van der Waals surface area contributed by atoms with Gasteiger partial charge in [-0.05, 0) is 24.3 Å². The van der Waals surface area contributed by atoms with Crippen LogP contribution < -0.4 is 0 Å². The minimum Gasteiger partial charge on any atom is -0.395 e. The van der Waals surface area contributed by atoms with Crippen LogP contribution in [-0.2, 0) is 4.74 Å². The molecule has 80 valence electrons. The van der Waals surface area contributed by atoms with Crippen LogP contribution in [0.5, 0.6) is 0 Å². The molecule has 0 aromatic heterocycles. The summed E-state index contributed by atoms with van der Waals surface area (Å²) in [6, 6.07) is 6.67. The van der Waals surface area contributed by atoms with E-state index in [0.29, 0.717) is 23.8 Å². The summed E-state index contributed by atoms with van der Waals surface area (Å²) < 4.78 is 4.99. The summed E-state index contributed by atoms with van der Waals surface area (Å²) in [4.78, 5) is 12.0. The van der Waals surface area contributed by atoms with Crippen molar-refractivity contribution in [1.82, 2.24) is 0 Å². The molecule has 4 heteroatoms. The second kappa shape index (κ2) is 3.93. The van der Waals surface area contributed by atoms with E-state index < -0.39 is 5.41 Å². The molecule has 2 rings (SSSR count). The number of hydrogen-bond donors (Lipinski definition) is 1. The Kier molecular flexibility index (Phi) is 2.78. The molecule has 0 amide bonds. The number of halogens is 1. The quantitative estimate of drug-likeness (QED) is 0.796. The standard InChI is InChI=1S/C11H11ClO3/c12-9-3-1-8(2-4-9)10(14)11(5-13)6-15-7-11/h1-4,13H,5-7H2. The fourth-order valence-corrected chi connectivity index (χ4v) is 1.68. The first-order valence-electron chi connectivity index (χ1n) is 4.67. The molecule has 1 saturated heterocycles. The molecular formula is C11H11ClO3. The van der Waals surface area contributed by atoms with Crippen LogP contribution in [0.2, 0.25) is 5.02 Å². The zero-order chi connectivity index (χ0) is 10.9. The first kappa shape index (κ1) is 10.6. The number of rotatable bonds is 3. The Morgan fingerprint density at radius 1 is 1.40 bits per heavy atom. The maximum Gasteiger partial charge on any atom is 0.175 e. The van der Waals surface area contributed by atoms with Crippen molar-refractivity contribution < 1.29 is 14.6 Å². The summed E-state index contributed by atoms with van der Waals surface area (Å²) in [6.45, 7) is 0.421. The Morgan fingerprint density at radius 2 is 2.00 bits per heavy atom. The number of hydrogen-bond acceptors (Lipinski definition) is 3. The van der Waals surface area contributed by atoms with E-state index in [9.17, 15) is 9.90 Å². The molecule has 0 radical (unpaired) electrons. The highest BCUT2D eigenvalue weighted by Crippen LogP contribution is 2.31. The zero-order valence-corrected chi connectivity index (χ0v) is 8.83. The molecule has 3 nitrogen and oxygen atoms in total. The lowest BCUT2D eigenvalue weighted by molar-refractivity contribution is -0.109. The van der Waals surface area contributed by atoms with Crippen molar-refractivity contribution in [2.75, 3.05) is 19.8 Å². The second-order valence-corrected chi connectivity index (χ2v) is 4.20. The van der Waals surface area contributed by atoms with Gasteiger partial charge in [-0.3, -0.25) is 4.79 Å². The Labute approximate surface area is 92.6 Å². The van der Waals surface area contributed by atoms with Gasteiger partial charge in [-0.25, -0.2) is 0 Å². The molecule has 0 bridgehead atoms. The van der Waals surface area contributed by atoms with Gasteiger partial charge in [0.15, 0.2) is 5.78 Å². The van der Waals surface area contributed by atoms with E-state index in [4.69, 9.17) is 16.3 Å². The molecule has 15 heavy (non-hydrogen) atoms. The largest absolute Gasteiger partial charge is 0.395 e. The Morgan fingerprint density at radius 3 is 2.40 bits per heavy atom. The van der Waals surface area contributed by atoms with Crippen LogP contribution in [0, 0.1) is 5.41 Å². The molecule has 1 aromatic rings. The van der Waals surface area contributed by atoms with Gasteiger partial charge in [-0.15, -0.1) is 0 Å². The minimum absolute atomic E-state index is 0.0760. The number of aliphatic hydroxyl groups excluding tert-OH is 1. The highest BCUT2D eigenvalue weighted by molar-refractivity contribution is 6.30. The van der Waals surface area contributed by atoms with Crippen molar-refractivity contribution in [3.63, 3.8) is 0 Å². The summed E-state index contributed by atoms with van der Waals surface area (Å²) in [5.74, 6) is -0.0760. The van der Waals surface area contributed by atoms with Crippen molar-refractivity contribution in [1.29, 1.82) is 0 Å². The molecule has 0 unspecified atom stereocenters. The van der Waals surface area contributed by atoms with E-state index in [1.165, 1.54) is 0 Å². The number of carbonyl (C=O) groups is 1. The Balaban J connectivity index is 2.24. The van der Waals surface area contributed by atoms with E-state index in [-0.39, 0.29) is 12.4 Å². The van der Waals surface area contributed by atoms with E-state index in [0.717, 1.165) is 0 Å². The predicted molar refractivity (Wildman–Crippen MR) is 56.1 cm³/mol. The topological polar surface area (TPSA) is 46.5 Å². The van der Waals surface area contributed by atoms with Crippen molar-refractivity contribution in [2.45, 2.75) is 0 Å². The normalized spacial score (nSPS) is 18.3. The van der Waals surface area contributed by atoms with Crippen molar-refractivity contribution >= 4 is 17.4 Å². The maximum atomic E-state index is 12.0. The third-order valence-electron chi connectivity index (χ3n) is 2.65. The number of ether oxygens (including phenoxy) is 1. The van der Waals surface area contributed by atoms with Gasteiger partial charge in [0.2, 0.25) is 0 Å². The van der Waals surface area contributed by atoms with Gasteiger partial charge < -0.3 is 9.84 Å². The highest BCUT2D eigenvalue weighted by Gasteiger charge is 2.45. The molecule has 1 aromatic carbocycles. The third-order valence-corrected chi connectivity index (χ3v) is 2.90. The van der Waals surface area contributed by atoms with Gasteiger partial charge in [-0.1, -0.05) is 11.6 Å². The maximum absolute atomic E-state index is 12.0. The average Bonchev–Trinajstić information content (AvgIpc) is 2.18. The fraction of sp³-hybridized carbons (Fsp3) is 0.364. The highest BCUT2D eigenvalue weighted by atomic mass is 35.5. The van der Waals surface area contributed by atoms with Crippen LogP contribution >= 0.6 is 11.6 Å². The molecule has 1 aliphatic rings. The SMILES string of the molecule is O=C(c1ccc(Cl)cc1)C1(CO)COC1. The molecule has 0 spiro atoms. The number of carbonyl (C=O) groups excluding carboxylic acids is 1. The lowest BCUT2D eigenvalue weighted by Crippen LogP contribution is -2.51. The minimum atomic E-state index is -0.728. The van der Waals surface area contributed by atoms with Crippen LogP contribution in [0.25, 0.3) is 0 Å². The van der Waals surface area contributed by atoms with E-state index in [1.807, 2.05) is 0 Å². The lowest BCUT2D eigenvalue weighted by atomic mass is 9.79. The van der Waals surface area contributed by atoms with Crippen LogP contribution in [0.15, 0.2) is 24.3 Å². The van der Waals surface area contributed by atoms with Crippen molar-refractivity contribution in [3.8, 4) is 0 Å². The summed E-state index contributed by atoms with van der Waals surface area (Å²) in [5.41, 5.74) is -0.162. The molecule has 0 atom stereocenters. The first-order chi connectivity index (χ1) is 7.18. The number of benzene rings is 1. The van der Waals surface area contributed by atoms with Crippen LogP contribution in [0.3, 0.4) is 0 Å². The molecule has 0 saturated carbocycles. The monoisotopic (exact) mass is 226 g/mol. The van der Waals surface area contributed by atoms with Crippen molar-refractivity contribution in [2.24, 2.45) is 5.41 Å². The molecule has 1 N–H and O–H groups in total. The van der Waals surface area contributed by atoms with Gasteiger partial charge in [0.1, 0.15) is 5.41 Å². The molecule has 0 aliphatic carbocycles. The van der Waals surface area contributed by atoms with Crippen LogP contribution in [-0.4, -0.2) is 30.7 Å². The third kappa shape index (κ3) is 1.78. The first-order valence-corrected chi connectivity index (χ1v) is 5.05. The Hall–Kier alpha value is -0.900. The van der Waals surface area contributed by atoms with Crippen LogP contribution in [0.4, 0.5) is 0 Å². The molecular weight excluding hydrogens is 216 g/mol. The average molecular weight is 227 g/mol. The summed E-state index contributed by atoms with van der Waals surface area (Å²) in [7, 11) is 0. The van der Waals surface area contributed by atoms with Gasteiger partial charge in [0.05, 0.1) is 19.8 Å². The van der Waals surface area contributed by atoms with E-state index >= 15 is 0 Å². The summed E-state index contributed by atoms with van der Waals surface area (Å²) >= 11 is 5.73. The van der Waals surface area contributed by atoms with Crippen molar-refractivity contribution in [3.05, 3.63) is 34.9 Å². The smallest absolute Gasteiger partial charge is 0.175 e. The fourth-order valence-electron chi connectivity index (χ4n) is 1.55. The van der Waals surface area contributed by atoms with Gasteiger partial charge in [0, 0.05) is 10.6 Å².